The molecule has 0 aliphatic carbocycles. The minimum absolute atomic E-state index is 0.0962. The Hall–Kier alpha value is -2.55. The zero-order valence-electron chi connectivity index (χ0n) is 12.9. The molecule has 0 radical (unpaired) electrons. The van der Waals surface area contributed by atoms with Gasteiger partial charge in [0.05, 0.1) is 6.54 Å². The Labute approximate surface area is 139 Å². The van der Waals surface area contributed by atoms with Gasteiger partial charge in [0.2, 0.25) is 0 Å². The van der Waals surface area contributed by atoms with Gasteiger partial charge in [-0.05, 0) is 48.5 Å². The average Bonchev–Trinajstić information content (AvgIpc) is 2.92. The van der Waals surface area contributed by atoms with Gasteiger partial charge in [-0.25, -0.2) is 0 Å². The van der Waals surface area contributed by atoms with Gasteiger partial charge in [0.1, 0.15) is 5.75 Å². The molecule has 0 saturated carbocycles. The molecule has 0 unspecified atom stereocenters. The summed E-state index contributed by atoms with van der Waals surface area (Å²) in [5.74, 6) is 0.497. The van der Waals surface area contributed by atoms with Crippen LogP contribution in [0, 0.1) is 6.92 Å². The standard InChI is InChI=1S/C14H18N6O2S/c1-3-7-20-18-13(17-19-20)16-14(23)15-12(21)9-22-11-6-4-5-10(2)8-11/h4-6,8H,3,7,9H2,1-2H3,(H2,15,16,18,21,23). The number of carbonyl (C=O) groups is 1. The lowest BCUT2D eigenvalue weighted by Crippen LogP contribution is -2.37. The van der Waals surface area contributed by atoms with Crippen molar-refractivity contribution in [3.63, 3.8) is 0 Å². The second kappa shape index (κ2) is 8.18. The Morgan fingerprint density at radius 1 is 1.43 bits per heavy atom. The molecule has 0 bridgehead atoms. The van der Waals surface area contributed by atoms with Crippen LogP contribution in [-0.4, -0.2) is 37.8 Å². The SMILES string of the molecule is CCCn1nnc(NC(=S)NC(=O)COc2cccc(C)c2)n1. The van der Waals surface area contributed by atoms with E-state index in [1.807, 2.05) is 32.0 Å². The predicted octanol–water partition coefficient (Wildman–Crippen LogP) is 1.28. The Bertz CT molecular complexity index is 687. The van der Waals surface area contributed by atoms with Crippen molar-refractivity contribution in [2.45, 2.75) is 26.8 Å². The molecular formula is C14H18N6O2S. The Kier molecular flexibility index (Phi) is 5.98. The number of aromatic nitrogens is 4. The van der Waals surface area contributed by atoms with Gasteiger partial charge in [-0.3, -0.25) is 15.4 Å². The van der Waals surface area contributed by atoms with E-state index in [2.05, 4.69) is 26.0 Å². The van der Waals surface area contributed by atoms with Crippen molar-refractivity contribution in [1.29, 1.82) is 0 Å². The van der Waals surface area contributed by atoms with Crippen LogP contribution in [-0.2, 0) is 11.3 Å². The second-order valence-corrected chi connectivity index (χ2v) is 5.22. The van der Waals surface area contributed by atoms with Crippen LogP contribution in [0.25, 0.3) is 0 Å². The van der Waals surface area contributed by atoms with E-state index in [4.69, 9.17) is 17.0 Å². The molecule has 0 aliphatic rings. The molecule has 0 fully saturated rings. The van der Waals surface area contributed by atoms with Crippen molar-refractivity contribution >= 4 is 29.2 Å². The van der Waals surface area contributed by atoms with Gasteiger partial charge in [-0.15, -0.1) is 5.10 Å². The first-order valence-corrected chi connectivity index (χ1v) is 7.55. The smallest absolute Gasteiger partial charge is 0.269 e. The number of hydrogen-bond donors (Lipinski definition) is 2. The van der Waals surface area contributed by atoms with Crippen molar-refractivity contribution in [1.82, 2.24) is 25.5 Å². The summed E-state index contributed by atoms with van der Waals surface area (Å²) in [6.45, 7) is 4.49. The minimum Gasteiger partial charge on any atom is -0.484 e. The van der Waals surface area contributed by atoms with Gasteiger partial charge in [-0.1, -0.05) is 24.2 Å². The summed E-state index contributed by atoms with van der Waals surface area (Å²) in [7, 11) is 0. The maximum atomic E-state index is 11.8. The van der Waals surface area contributed by atoms with Crippen molar-refractivity contribution in [3.8, 4) is 5.75 Å². The number of anilines is 1. The summed E-state index contributed by atoms with van der Waals surface area (Å²) in [4.78, 5) is 13.2. The van der Waals surface area contributed by atoms with Gasteiger partial charge >= 0.3 is 0 Å². The number of hydrogen-bond acceptors (Lipinski definition) is 6. The number of tetrazole rings is 1. The van der Waals surface area contributed by atoms with E-state index in [9.17, 15) is 4.79 Å². The third-order valence-corrected chi connectivity index (χ3v) is 2.92. The number of nitrogens with one attached hydrogen (secondary N) is 2. The first-order valence-electron chi connectivity index (χ1n) is 7.15. The summed E-state index contributed by atoms with van der Waals surface area (Å²) in [6.07, 6.45) is 0.896. The lowest BCUT2D eigenvalue weighted by molar-refractivity contribution is -0.121. The number of carbonyl (C=O) groups excluding carboxylic acids is 1. The zero-order valence-corrected chi connectivity index (χ0v) is 13.8. The summed E-state index contributed by atoms with van der Waals surface area (Å²) in [6, 6.07) is 7.44. The Morgan fingerprint density at radius 3 is 3.00 bits per heavy atom. The molecule has 2 aromatic rings. The number of ether oxygens (including phenoxy) is 1. The fraction of sp³-hybridized carbons (Fsp3) is 0.357. The van der Waals surface area contributed by atoms with Crippen LogP contribution < -0.4 is 15.4 Å². The number of amides is 1. The molecule has 0 saturated heterocycles. The lowest BCUT2D eigenvalue weighted by Gasteiger charge is -2.08. The number of benzene rings is 1. The normalized spacial score (nSPS) is 10.2. The minimum atomic E-state index is -0.370. The van der Waals surface area contributed by atoms with Crippen LogP contribution in [0.1, 0.15) is 18.9 Å². The summed E-state index contributed by atoms with van der Waals surface area (Å²) in [5.41, 5.74) is 1.06. The highest BCUT2D eigenvalue weighted by atomic mass is 32.1. The summed E-state index contributed by atoms with van der Waals surface area (Å²) in [5, 5.41) is 17.0. The van der Waals surface area contributed by atoms with Gasteiger partial charge in [0, 0.05) is 0 Å². The van der Waals surface area contributed by atoms with Crippen molar-refractivity contribution < 1.29 is 9.53 Å². The highest BCUT2D eigenvalue weighted by Gasteiger charge is 2.09. The molecule has 122 valence electrons. The van der Waals surface area contributed by atoms with Gasteiger partial charge in [0.15, 0.2) is 11.7 Å². The molecule has 1 heterocycles. The number of nitrogens with zero attached hydrogens (tertiary/aromatic N) is 4. The van der Waals surface area contributed by atoms with Gasteiger partial charge in [0.25, 0.3) is 11.9 Å². The van der Waals surface area contributed by atoms with Crippen LogP contribution in [0.15, 0.2) is 24.3 Å². The van der Waals surface area contributed by atoms with Crippen molar-refractivity contribution in [3.05, 3.63) is 29.8 Å². The van der Waals surface area contributed by atoms with Crippen LogP contribution in [0.4, 0.5) is 5.95 Å². The molecule has 0 spiro atoms. The fourth-order valence-electron chi connectivity index (χ4n) is 1.74. The molecular weight excluding hydrogens is 316 g/mol. The second-order valence-electron chi connectivity index (χ2n) is 4.82. The van der Waals surface area contributed by atoms with E-state index in [1.54, 1.807) is 6.07 Å². The molecule has 23 heavy (non-hydrogen) atoms. The molecule has 0 atom stereocenters. The molecule has 0 aliphatic heterocycles. The molecule has 1 aromatic heterocycles. The van der Waals surface area contributed by atoms with Crippen LogP contribution >= 0.6 is 12.2 Å². The number of rotatable bonds is 6. The maximum absolute atomic E-state index is 11.8. The van der Waals surface area contributed by atoms with E-state index in [1.165, 1.54) is 4.80 Å². The van der Waals surface area contributed by atoms with E-state index >= 15 is 0 Å². The topological polar surface area (TPSA) is 94.0 Å². The van der Waals surface area contributed by atoms with Crippen LogP contribution in [0.2, 0.25) is 0 Å². The number of thiocarbonyl (C=S) groups is 1. The summed E-state index contributed by atoms with van der Waals surface area (Å²) < 4.78 is 5.39. The van der Waals surface area contributed by atoms with Gasteiger partial charge in [-0.2, -0.15) is 4.80 Å². The van der Waals surface area contributed by atoms with E-state index < -0.39 is 0 Å². The Morgan fingerprint density at radius 2 is 2.26 bits per heavy atom. The molecule has 8 nitrogen and oxygen atoms in total. The molecule has 9 heteroatoms. The largest absolute Gasteiger partial charge is 0.484 e. The average molecular weight is 334 g/mol. The Balaban J connectivity index is 1.76. The zero-order chi connectivity index (χ0) is 16.7. The third-order valence-electron chi connectivity index (χ3n) is 2.71. The highest BCUT2D eigenvalue weighted by Crippen LogP contribution is 2.11. The predicted molar refractivity (Wildman–Crippen MR) is 89.1 cm³/mol. The number of aryl methyl sites for hydroxylation is 2. The van der Waals surface area contributed by atoms with Crippen molar-refractivity contribution in [2.24, 2.45) is 0 Å². The third kappa shape index (κ3) is 5.62. The quantitative estimate of drug-likeness (QED) is 0.769. The van der Waals surface area contributed by atoms with E-state index in [0.29, 0.717) is 12.3 Å². The van der Waals surface area contributed by atoms with Crippen LogP contribution in [0.5, 0.6) is 5.75 Å². The van der Waals surface area contributed by atoms with Crippen LogP contribution in [0.3, 0.4) is 0 Å². The first-order chi connectivity index (χ1) is 11.1. The maximum Gasteiger partial charge on any atom is 0.269 e. The molecule has 1 amide bonds. The first kappa shape index (κ1) is 16.8. The monoisotopic (exact) mass is 334 g/mol. The molecule has 1 aromatic carbocycles. The van der Waals surface area contributed by atoms with Crippen molar-refractivity contribution in [2.75, 3.05) is 11.9 Å². The van der Waals surface area contributed by atoms with E-state index in [-0.39, 0.29) is 23.6 Å². The lowest BCUT2D eigenvalue weighted by atomic mass is 10.2. The molecule has 2 rings (SSSR count). The van der Waals surface area contributed by atoms with E-state index in [0.717, 1.165) is 12.0 Å². The highest BCUT2D eigenvalue weighted by molar-refractivity contribution is 7.80. The molecule has 2 N–H and O–H groups in total. The van der Waals surface area contributed by atoms with Gasteiger partial charge < -0.3 is 4.74 Å². The fourth-order valence-corrected chi connectivity index (χ4v) is 1.94. The summed E-state index contributed by atoms with van der Waals surface area (Å²) >= 11 is 5.02.